The smallest absolute Gasteiger partial charge is 0.142 e. The molecule has 0 aliphatic carbocycles. The molecular weight excluding hydrogens is 312 g/mol. The second-order valence-electron chi connectivity index (χ2n) is 5.74. The molecule has 0 radical (unpaired) electrons. The van der Waals surface area contributed by atoms with Gasteiger partial charge in [0, 0.05) is 0 Å². The van der Waals surface area contributed by atoms with Gasteiger partial charge in [-0.05, 0) is 35.9 Å². The Morgan fingerprint density at radius 2 is 1.72 bits per heavy atom. The quantitative estimate of drug-likeness (QED) is 0.571. The highest BCUT2D eigenvalue weighted by Crippen LogP contribution is 2.33. The summed E-state index contributed by atoms with van der Waals surface area (Å²) < 4.78 is 11.4. The van der Waals surface area contributed by atoms with Crippen LogP contribution in [0.5, 0.6) is 11.5 Å². The fraction of sp³-hybridized carbons (Fsp3) is 0.0952. The number of nitrogens with zero attached hydrogens (tertiary/aromatic N) is 1. The Hall–Kier alpha value is -3.27. The van der Waals surface area contributed by atoms with Gasteiger partial charge in [-0.1, -0.05) is 42.5 Å². The van der Waals surface area contributed by atoms with Crippen molar-refractivity contribution in [2.75, 3.05) is 7.11 Å². The van der Waals surface area contributed by atoms with E-state index < -0.39 is 0 Å². The van der Waals surface area contributed by atoms with E-state index in [1.54, 1.807) is 7.11 Å². The van der Waals surface area contributed by atoms with Crippen LogP contribution in [0.3, 0.4) is 0 Å². The first-order valence-electron chi connectivity index (χ1n) is 8.13. The summed E-state index contributed by atoms with van der Waals surface area (Å²) in [5.41, 5.74) is 3.93. The van der Waals surface area contributed by atoms with Crippen molar-refractivity contribution in [3.8, 4) is 22.9 Å². The van der Waals surface area contributed by atoms with Crippen LogP contribution in [0.15, 0.2) is 72.8 Å². The molecule has 4 aromatic rings. The zero-order valence-electron chi connectivity index (χ0n) is 13.9. The predicted octanol–water partition coefficient (Wildman–Crippen LogP) is 4.82. The van der Waals surface area contributed by atoms with Crippen LogP contribution < -0.4 is 9.47 Å². The summed E-state index contributed by atoms with van der Waals surface area (Å²) in [5.74, 6) is 2.30. The molecule has 3 aromatic carbocycles. The minimum atomic E-state index is 0.521. The van der Waals surface area contributed by atoms with E-state index >= 15 is 0 Å². The second-order valence-corrected chi connectivity index (χ2v) is 5.74. The number of aromatic amines is 1. The van der Waals surface area contributed by atoms with Crippen LogP contribution in [-0.2, 0) is 6.61 Å². The molecular formula is C21H18N2O2. The fourth-order valence-electron chi connectivity index (χ4n) is 2.78. The lowest BCUT2D eigenvalue weighted by atomic mass is 10.1. The van der Waals surface area contributed by atoms with E-state index in [0.29, 0.717) is 6.61 Å². The van der Waals surface area contributed by atoms with Crippen molar-refractivity contribution in [2.24, 2.45) is 0 Å². The second kappa shape index (κ2) is 6.69. The molecule has 25 heavy (non-hydrogen) atoms. The molecule has 0 unspecified atom stereocenters. The van der Waals surface area contributed by atoms with Gasteiger partial charge in [-0.25, -0.2) is 4.98 Å². The lowest BCUT2D eigenvalue weighted by molar-refractivity contribution is 0.305. The maximum Gasteiger partial charge on any atom is 0.142 e. The first kappa shape index (κ1) is 15.3. The number of hydrogen-bond donors (Lipinski definition) is 1. The number of nitrogens with one attached hydrogen (secondary N) is 1. The Kier molecular flexibility index (Phi) is 4.09. The number of fused-ring (bicyclic) bond motifs is 1. The zero-order valence-corrected chi connectivity index (χ0v) is 13.9. The van der Waals surface area contributed by atoms with Crippen LogP contribution in [0.4, 0.5) is 0 Å². The minimum Gasteiger partial charge on any atom is -0.496 e. The number of para-hydroxylation sites is 2. The number of aromatic nitrogens is 2. The van der Waals surface area contributed by atoms with Gasteiger partial charge in [-0.15, -0.1) is 0 Å². The molecule has 4 rings (SSSR count). The zero-order chi connectivity index (χ0) is 17.1. The molecule has 0 aliphatic heterocycles. The van der Waals surface area contributed by atoms with Gasteiger partial charge in [0.15, 0.2) is 0 Å². The van der Waals surface area contributed by atoms with Crippen LogP contribution >= 0.6 is 0 Å². The summed E-state index contributed by atoms with van der Waals surface area (Å²) in [4.78, 5) is 8.00. The summed E-state index contributed by atoms with van der Waals surface area (Å²) in [5, 5.41) is 0. The monoisotopic (exact) mass is 330 g/mol. The fourth-order valence-corrected chi connectivity index (χ4v) is 2.78. The summed E-state index contributed by atoms with van der Waals surface area (Å²) in [6.45, 7) is 0.521. The number of hydrogen-bond acceptors (Lipinski definition) is 3. The van der Waals surface area contributed by atoms with Crippen molar-refractivity contribution >= 4 is 11.0 Å². The van der Waals surface area contributed by atoms with E-state index in [9.17, 15) is 0 Å². The van der Waals surface area contributed by atoms with Crippen molar-refractivity contribution in [3.05, 3.63) is 78.4 Å². The van der Waals surface area contributed by atoms with E-state index in [1.165, 1.54) is 0 Å². The highest BCUT2D eigenvalue weighted by atomic mass is 16.5. The number of H-pyrrole nitrogens is 1. The molecule has 0 fully saturated rings. The van der Waals surface area contributed by atoms with Gasteiger partial charge in [-0.2, -0.15) is 0 Å². The molecule has 0 saturated heterocycles. The summed E-state index contributed by atoms with van der Waals surface area (Å²) in [7, 11) is 1.66. The molecule has 0 aliphatic rings. The molecule has 124 valence electrons. The third-order valence-electron chi connectivity index (χ3n) is 4.06. The van der Waals surface area contributed by atoms with Gasteiger partial charge in [-0.3, -0.25) is 0 Å². The van der Waals surface area contributed by atoms with Gasteiger partial charge in [0.25, 0.3) is 0 Å². The van der Waals surface area contributed by atoms with Crippen LogP contribution in [0.1, 0.15) is 5.56 Å². The van der Waals surface area contributed by atoms with E-state index in [2.05, 4.69) is 9.97 Å². The molecule has 0 amide bonds. The van der Waals surface area contributed by atoms with Gasteiger partial charge in [0.05, 0.1) is 23.7 Å². The van der Waals surface area contributed by atoms with E-state index in [0.717, 1.165) is 39.5 Å². The first-order chi connectivity index (χ1) is 12.3. The number of methoxy groups -OCH3 is 1. The number of rotatable bonds is 5. The Morgan fingerprint density at radius 1 is 0.920 bits per heavy atom. The summed E-state index contributed by atoms with van der Waals surface area (Å²) in [6, 6.07) is 23.8. The molecule has 4 heteroatoms. The lowest BCUT2D eigenvalue weighted by Gasteiger charge is -2.10. The normalized spacial score (nSPS) is 10.8. The van der Waals surface area contributed by atoms with Crippen molar-refractivity contribution in [1.29, 1.82) is 0 Å². The molecule has 1 heterocycles. The molecule has 0 bridgehead atoms. The number of imidazole rings is 1. The van der Waals surface area contributed by atoms with Crippen LogP contribution in [0, 0.1) is 0 Å². The Balaban J connectivity index is 1.66. The van der Waals surface area contributed by atoms with E-state index in [-0.39, 0.29) is 0 Å². The highest BCUT2D eigenvalue weighted by Gasteiger charge is 2.12. The van der Waals surface area contributed by atoms with Crippen LogP contribution in [0.2, 0.25) is 0 Å². The maximum atomic E-state index is 5.93. The SMILES string of the molecule is COc1ccc(OCc2ccccc2)cc1-c1nc2ccccc2[nH]1. The van der Waals surface area contributed by atoms with Crippen LogP contribution in [0.25, 0.3) is 22.4 Å². The van der Waals surface area contributed by atoms with Gasteiger partial charge in [0.1, 0.15) is 23.9 Å². The standard InChI is InChI=1S/C21H18N2O2/c1-24-20-12-11-16(25-14-15-7-3-2-4-8-15)13-17(20)21-22-18-9-5-6-10-19(18)23-21/h2-13H,14H2,1H3,(H,22,23). The Morgan fingerprint density at radius 3 is 2.52 bits per heavy atom. The molecule has 1 aromatic heterocycles. The topological polar surface area (TPSA) is 47.1 Å². The van der Waals surface area contributed by atoms with Crippen molar-refractivity contribution in [2.45, 2.75) is 6.61 Å². The van der Waals surface area contributed by atoms with Crippen molar-refractivity contribution < 1.29 is 9.47 Å². The van der Waals surface area contributed by atoms with Crippen molar-refractivity contribution in [1.82, 2.24) is 9.97 Å². The van der Waals surface area contributed by atoms with Crippen molar-refractivity contribution in [3.63, 3.8) is 0 Å². The molecule has 4 nitrogen and oxygen atoms in total. The number of ether oxygens (including phenoxy) is 2. The molecule has 0 spiro atoms. The lowest BCUT2D eigenvalue weighted by Crippen LogP contribution is -1.96. The average molecular weight is 330 g/mol. The van der Waals surface area contributed by atoms with Gasteiger partial charge >= 0.3 is 0 Å². The number of benzene rings is 3. The maximum absolute atomic E-state index is 5.93. The minimum absolute atomic E-state index is 0.521. The summed E-state index contributed by atoms with van der Waals surface area (Å²) >= 11 is 0. The van der Waals surface area contributed by atoms with E-state index in [1.807, 2.05) is 72.8 Å². The van der Waals surface area contributed by atoms with Crippen LogP contribution in [-0.4, -0.2) is 17.1 Å². The molecule has 0 saturated carbocycles. The summed E-state index contributed by atoms with van der Waals surface area (Å²) in [6.07, 6.45) is 0. The highest BCUT2D eigenvalue weighted by molar-refractivity contribution is 5.80. The predicted molar refractivity (Wildman–Crippen MR) is 98.9 cm³/mol. The molecule has 1 N–H and O–H groups in total. The molecule has 0 atom stereocenters. The van der Waals surface area contributed by atoms with Gasteiger partial charge in [0.2, 0.25) is 0 Å². The first-order valence-corrected chi connectivity index (χ1v) is 8.13. The van der Waals surface area contributed by atoms with E-state index in [4.69, 9.17) is 9.47 Å². The largest absolute Gasteiger partial charge is 0.496 e. The third kappa shape index (κ3) is 3.19. The van der Waals surface area contributed by atoms with Gasteiger partial charge < -0.3 is 14.5 Å². The Bertz CT molecular complexity index is 960. The third-order valence-corrected chi connectivity index (χ3v) is 4.06. The Labute approximate surface area is 146 Å². The average Bonchev–Trinajstić information content (AvgIpc) is 3.11.